The quantitative estimate of drug-likeness (QED) is 0.545. The van der Waals surface area contributed by atoms with Gasteiger partial charge in [-0.3, -0.25) is 30.2 Å². The molecule has 30 heavy (non-hydrogen) atoms. The van der Waals surface area contributed by atoms with E-state index in [9.17, 15) is 9.59 Å². The third-order valence-electron chi connectivity index (χ3n) is 5.45. The standard InChI is InChI=1S/C23H27N5O2/c29-22(14-19-15-24-21-9-5-4-8-20(19)21)25-26-23(30)17-28-12-10-27(11-13-28)16-18-6-2-1-3-7-18/h1-9,15,24H,10-14,16-17H2,(H,25,29)(H,26,30). The highest BCUT2D eigenvalue weighted by Gasteiger charge is 2.19. The molecule has 2 heterocycles. The Morgan fingerprint density at radius 3 is 2.30 bits per heavy atom. The van der Waals surface area contributed by atoms with E-state index >= 15 is 0 Å². The zero-order chi connectivity index (χ0) is 20.8. The lowest BCUT2D eigenvalue weighted by molar-refractivity contribution is -0.129. The van der Waals surface area contributed by atoms with Gasteiger partial charge in [-0.05, 0) is 17.2 Å². The summed E-state index contributed by atoms with van der Waals surface area (Å²) in [5.74, 6) is -0.431. The number of nitrogens with zero attached hydrogens (tertiary/aromatic N) is 2. The third kappa shape index (κ3) is 5.25. The van der Waals surface area contributed by atoms with E-state index in [-0.39, 0.29) is 24.8 Å². The number of carbonyl (C=O) groups excluding carboxylic acids is 2. The van der Waals surface area contributed by atoms with Crippen molar-refractivity contribution >= 4 is 22.7 Å². The maximum atomic E-state index is 12.2. The van der Waals surface area contributed by atoms with Crippen LogP contribution in [0.5, 0.6) is 0 Å². The fraction of sp³-hybridized carbons (Fsp3) is 0.304. The van der Waals surface area contributed by atoms with Crippen LogP contribution in [0.3, 0.4) is 0 Å². The van der Waals surface area contributed by atoms with Gasteiger partial charge in [-0.25, -0.2) is 0 Å². The number of hydrazine groups is 1. The van der Waals surface area contributed by atoms with E-state index in [1.165, 1.54) is 5.56 Å². The number of amides is 2. The number of fused-ring (bicyclic) bond motifs is 1. The van der Waals surface area contributed by atoms with E-state index in [2.05, 4.69) is 49.9 Å². The molecule has 0 spiro atoms. The molecule has 0 saturated carbocycles. The van der Waals surface area contributed by atoms with Gasteiger partial charge >= 0.3 is 0 Å². The van der Waals surface area contributed by atoms with Crippen molar-refractivity contribution in [1.29, 1.82) is 0 Å². The largest absolute Gasteiger partial charge is 0.361 e. The number of hydrogen-bond donors (Lipinski definition) is 3. The van der Waals surface area contributed by atoms with Gasteiger partial charge < -0.3 is 4.98 Å². The Balaban J connectivity index is 1.17. The van der Waals surface area contributed by atoms with Crippen molar-refractivity contribution < 1.29 is 9.59 Å². The lowest BCUT2D eigenvalue weighted by atomic mass is 10.1. The normalized spacial score (nSPS) is 15.2. The van der Waals surface area contributed by atoms with Crippen LogP contribution in [0.25, 0.3) is 10.9 Å². The number of piperazine rings is 1. The lowest BCUT2D eigenvalue weighted by Gasteiger charge is -2.34. The number of benzene rings is 2. The smallest absolute Gasteiger partial charge is 0.252 e. The molecule has 2 amide bonds. The molecule has 3 aromatic rings. The van der Waals surface area contributed by atoms with Gasteiger partial charge in [0, 0.05) is 49.8 Å². The monoisotopic (exact) mass is 405 g/mol. The molecule has 1 aliphatic rings. The van der Waals surface area contributed by atoms with Gasteiger partial charge in [-0.15, -0.1) is 0 Å². The number of nitrogens with one attached hydrogen (secondary N) is 3. The molecule has 1 aromatic heterocycles. The van der Waals surface area contributed by atoms with Crippen molar-refractivity contribution in [2.45, 2.75) is 13.0 Å². The predicted octanol–water partition coefficient (Wildman–Crippen LogP) is 1.68. The topological polar surface area (TPSA) is 80.5 Å². The number of rotatable bonds is 6. The van der Waals surface area contributed by atoms with Crippen LogP contribution >= 0.6 is 0 Å². The first kappa shape index (κ1) is 20.1. The first-order valence-corrected chi connectivity index (χ1v) is 10.3. The maximum absolute atomic E-state index is 12.2. The van der Waals surface area contributed by atoms with Crippen LogP contribution in [-0.4, -0.2) is 59.3 Å². The van der Waals surface area contributed by atoms with Gasteiger partial charge in [0.25, 0.3) is 5.91 Å². The fourth-order valence-corrected chi connectivity index (χ4v) is 3.82. The second kappa shape index (κ2) is 9.56. The summed E-state index contributed by atoms with van der Waals surface area (Å²) in [6, 6.07) is 18.3. The fourth-order valence-electron chi connectivity index (χ4n) is 3.82. The molecule has 0 atom stereocenters. The predicted molar refractivity (Wildman–Crippen MR) is 116 cm³/mol. The second-order valence-corrected chi connectivity index (χ2v) is 7.67. The van der Waals surface area contributed by atoms with E-state index in [0.717, 1.165) is 49.2 Å². The number of hydrogen-bond acceptors (Lipinski definition) is 4. The maximum Gasteiger partial charge on any atom is 0.252 e. The minimum atomic E-state index is -0.235. The molecule has 1 fully saturated rings. The van der Waals surface area contributed by atoms with Gasteiger partial charge in [-0.2, -0.15) is 0 Å². The molecule has 156 valence electrons. The highest BCUT2D eigenvalue weighted by atomic mass is 16.2. The summed E-state index contributed by atoms with van der Waals surface area (Å²) in [7, 11) is 0. The highest BCUT2D eigenvalue weighted by Crippen LogP contribution is 2.17. The van der Waals surface area contributed by atoms with E-state index in [1.807, 2.05) is 36.5 Å². The van der Waals surface area contributed by atoms with Crippen LogP contribution in [-0.2, 0) is 22.6 Å². The van der Waals surface area contributed by atoms with E-state index in [4.69, 9.17) is 0 Å². The van der Waals surface area contributed by atoms with Crippen LogP contribution in [0.1, 0.15) is 11.1 Å². The van der Waals surface area contributed by atoms with Crippen LogP contribution in [0.2, 0.25) is 0 Å². The number of aromatic nitrogens is 1. The Labute approximate surface area is 176 Å². The van der Waals surface area contributed by atoms with Crippen LogP contribution in [0.15, 0.2) is 60.8 Å². The van der Waals surface area contributed by atoms with Crippen molar-refractivity contribution in [2.75, 3.05) is 32.7 Å². The highest BCUT2D eigenvalue weighted by molar-refractivity contribution is 5.89. The molecule has 1 aliphatic heterocycles. The van der Waals surface area contributed by atoms with E-state index in [1.54, 1.807) is 0 Å². The molecule has 4 rings (SSSR count). The number of carbonyl (C=O) groups is 2. The van der Waals surface area contributed by atoms with Crippen molar-refractivity contribution in [1.82, 2.24) is 25.6 Å². The van der Waals surface area contributed by atoms with Gasteiger partial charge in [0.05, 0.1) is 13.0 Å². The zero-order valence-corrected chi connectivity index (χ0v) is 16.9. The van der Waals surface area contributed by atoms with Gasteiger partial charge in [-0.1, -0.05) is 48.5 Å². The van der Waals surface area contributed by atoms with E-state index < -0.39 is 0 Å². The number of para-hydroxylation sites is 1. The van der Waals surface area contributed by atoms with Crippen molar-refractivity contribution in [3.63, 3.8) is 0 Å². The molecule has 3 N–H and O–H groups in total. The van der Waals surface area contributed by atoms with Gasteiger partial charge in [0.1, 0.15) is 0 Å². The first-order valence-electron chi connectivity index (χ1n) is 10.3. The molecule has 0 bridgehead atoms. The van der Waals surface area contributed by atoms with Gasteiger partial charge in [0.15, 0.2) is 0 Å². The Bertz CT molecular complexity index is 993. The van der Waals surface area contributed by atoms with Crippen LogP contribution in [0.4, 0.5) is 0 Å². The summed E-state index contributed by atoms with van der Waals surface area (Å²) in [5.41, 5.74) is 8.28. The molecule has 0 radical (unpaired) electrons. The second-order valence-electron chi connectivity index (χ2n) is 7.67. The van der Waals surface area contributed by atoms with Crippen molar-refractivity contribution in [3.8, 4) is 0 Å². The molecule has 7 nitrogen and oxygen atoms in total. The summed E-state index contributed by atoms with van der Waals surface area (Å²) in [6.45, 7) is 4.74. The lowest BCUT2D eigenvalue weighted by Crippen LogP contribution is -2.51. The number of aromatic amines is 1. The molecule has 7 heteroatoms. The summed E-state index contributed by atoms with van der Waals surface area (Å²) >= 11 is 0. The van der Waals surface area contributed by atoms with Crippen molar-refractivity contribution in [2.24, 2.45) is 0 Å². The Morgan fingerprint density at radius 1 is 0.833 bits per heavy atom. The Morgan fingerprint density at radius 2 is 1.50 bits per heavy atom. The molecule has 1 saturated heterocycles. The van der Waals surface area contributed by atoms with E-state index in [0.29, 0.717) is 0 Å². The van der Waals surface area contributed by atoms with Crippen LogP contribution in [0, 0.1) is 0 Å². The first-order chi connectivity index (χ1) is 14.7. The number of H-pyrrole nitrogens is 1. The molecule has 0 unspecified atom stereocenters. The summed E-state index contributed by atoms with van der Waals surface area (Å²) < 4.78 is 0. The van der Waals surface area contributed by atoms with Gasteiger partial charge in [0.2, 0.25) is 5.91 Å². The van der Waals surface area contributed by atoms with Crippen LogP contribution < -0.4 is 10.9 Å². The summed E-state index contributed by atoms with van der Waals surface area (Å²) in [4.78, 5) is 32.1. The Hall–Kier alpha value is -3.16. The minimum absolute atomic E-state index is 0.196. The Kier molecular flexibility index (Phi) is 6.41. The zero-order valence-electron chi connectivity index (χ0n) is 16.9. The average Bonchev–Trinajstić information content (AvgIpc) is 3.17. The molecule has 2 aromatic carbocycles. The molecular formula is C23H27N5O2. The molecule has 0 aliphatic carbocycles. The summed E-state index contributed by atoms with van der Waals surface area (Å²) in [5, 5.41) is 1.02. The third-order valence-corrected chi connectivity index (χ3v) is 5.45. The van der Waals surface area contributed by atoms with Crippen molar-refractivity contribution in [3.05, 3.63) is 71.9 Å². The SMILES string of the molecule is O=C(Cc1c[nH]c2ccccc12)NNC(=O)CN1CCN(Cc2ccccc2)CC1. The summed E-state index contributed by atoms with van der Waals surface area (Å²) in [6.07, 6.45) is 2.05. The molecular weight excluding hydrogens is 378 g/mol. The minimum Gasteiger partial charge on any atom is -0.361 e. The average molecular weight is 406 g/mol.